The number of ether oxygens (including phenoxy) is 2. The van der Waals surface area contributed by atoms with E-state index in [-0.39, 0.29) is 17.5 Å². The van der Waals surface area contributed by atoms with E-state index in [2.05, 4.69) is 4.74 Å². The van der Waals surface area contributed by atoms with Crippen molar-refractivity contribution in [3.8, 4) is 0 Å². The second-order valence-electron chi connectivity index (χ2n) is 3.56. The summed E-state index contributed by atoms with van der Waals surface area (Å²) in [6.07, 6.45) is 0.690. The number of carbonyl (C=O) groups excluding carboxylic acids is 1. The van der Waals surface area contributed by atoms with Crippen molar-refractivity contribution in [1.29, 1.82) is 0 Å². The Balaban J connectivity index is 2.38. The van der Waals surface area contributed by atoms with Crippen LogP contribution in [0.1, 0.15) is 20.3 Å². The molecule has 0 unspecified atom stereocenters. The molecular weight excluding hydrogens is 144 g/mol. The Bertz CT molecular complexity index is 159. The van der Waals surface area contributed by atoms with Crippen molar-refractivity contribution in [1.82, 2.24) is 0 Å². The summed E-state index contributed by atoms with van der Waals surface area (Å²) in [5.41, 5.74) is -0.0624. The Morgan fingerprint density at radius 1 is 1.73 bits per heavy atom. The first-order valence-corrected chi connectivity index (χ1v) is 3.74. The van der Waals surface area contributed by atoms with Crippen LogP contribution in [0.4, 0.5) is 0 Å². The topological polar surface area (TPSA) is 38.8 Å². The van der Waals surface area contributed by atoms with Crippen LogP contribution >= 0.6 is 0 Å². The van der Waals surface area contributed by atoms with E-state index in [0.717, 1.165) is 6.61 Å². The molecule has 0 aromatic rings. The van der Waals surface area contributed by atoms with Crippen LogP contribution in [0, 0.1) is 5.41 Å². The average molecular weight is 158 g/mol. The number of epoxide rings is 1. The van der Waals surface area contributed by atoms with E-state index in [0.29, 0.717) is 6.42 Å². The lowest BCUT2D eigenvalue weighted by Crippen LogP contribution is -2.23. The molecule has 0 amide bonds. The highest BCUT2D eigenvalue weighted by Crippen LogP contribution is 2.35. The molecule has 0 radical (unpaired) electrons. The van der Waals surface area contributed by atoms with Gasteiger partial charge in [0.05, 0.1) is 26.2 Å². The van der Waals surface area contributed by atoms with E-state index in [1.807, 2.05) is 13.8 Å². The number of rotatable bonds is 3. The van der Waals surface area contributed by atoms with E-state index in [9.17, 15) is 4.79 Å². The van der Waals surface area contributed by atoms with Gasteiger partial charge in [0, 0.05) is 5.41 Å². The van der Waals surface area contributed by atoms with Crippen LogP contribution in [0.3, 0.4) is 0 Å². The molecular formula is C8H14O3. The molecule has 1 rings (SSSR count). The van der Waals surface area contributed by atoms with E-state index >= 15 is 0 Å². The molecule has 1 saturated heterocycles. The Hall–Kier alpha value is -0.570. The molecule has 1 heterocycles. The maximum absolute atomic E-state index is 10.9. The van der Waals surface area contributed by atoms with Crippen molar-refractivity contribution in [2.75, 3.05) is 13.7 Å². The molecule has 1 aliphatic rings. The van der Waals surface area contributed by atoms with Gasteiger partial charge in [0.15, 0.2) is 0 Å². The maximum Gasteiger partial charge on any atom is 0.306 e. The standard InChI is InChI=1S/C8H14O3/c1-8(2,6-5-11-6)4-7(9)10-3/h6H,4-5H2,1-3H3/t6-/m1/s1. The van der Waals surface area contributed by atoms with E-state index in [4.69, 9.17) is 4.74 Å². The summed E-state index contributed by atoms with van der Waals surface area (Å²) in [5.74, 6) is -0.162. The summed E-state index contributed by atoms with van der Waals surface area (Å²) in [6.45, 7) is 4.81. The van der Waals surface area contributed by atoms with Gasteiger partial charge < -0.3 is 9.47 Å². The van der Waals surface area contributed by atoms with Crippen LogP contribution in [-0.4, -0.2) is 25.8 Å². The predicted molar refractivity (Wildman–Crippen MR) is 40.2 cm³/mol. The lowest BCUT2D eigenvalue weighted by atomic mass is 9.86. The third kappa shape index (κ3) is 2.19. The maximum atomic E-state index is 10.9. The van der Waals surface area contributed by atoms with Gasteiger partial charge in [-0.15, -0.1) is 0 Å². The minimum Gasteiger partial charge on any atom is -0.469 e. The molecule has 1 aliphatic heterocycles. The van der Waals surface area contributed by atoms with E-state index in [1.54, 1.807) is 0 Å². The number of esters is 1. The highest BCUT2D eigenvalue weighted by Gasteiger charge is 2.41. The van der Waals surface area contributed by atoms with Gasteiger partial charge in [-0.05, 0) is 0 Å². The Morgan fingerprint density at radius 2 is 2.27 bits per heavy atom. The van der Waals surface area contributed by atoms with Gasteiger partial charge in [-0.25, -0.2) is 0 Å². The fraction of sp³-hybridized carbons (Fsp3) is 0.875. The first kappa shape index (κ1) is 8.53. The van der Waals surface area contributed by atoms with Crippen molar-refractivity contribution >= 4 is 5.97 Å². The number of hydrogen-bond acceptors (Lipinski definition) is 3. The number of carbonyl (C=O) groups is 1. The summed E-state index contributed by atoms with van der Waals surface area (Å²) in [5, 5.41) is 0. The highest BCUT2D eigenvalue weighted by atomic mass is 16.6. The van der Waals surface area contributed by atoms with Gasteiger partial charge >= 0.3 is 5.97 Å². The van der Waals surface area contributed by atoms with Gasteiger partial charge in [-0.3, -0.25) is 4.79 Å². The summed E-state index contributed by atoms with van der Waals surface area (Å²) in [7, 11) is 1.41. The van der Waals surface area contributed by atoms with Crippen molar-refractivity contribution in [3.63, 3.8) is 0 Å². The molecule has 0 spiro atoms. The lowest BCUT2D eigenvalue weighted by molar-refractivity contribution is -0.143. The highest BCUT2D eigenvalue weighted by molar-refractivity contribution is 5.70. The van der Waals surface area contributed by atoms with Crippen molar-refractivity contribution < 1.29 is 14.3 Å². The molecule has 0 saturated carbocycles. The summed E-state index contributed by atoms with van der Waals surface area (Å²) < 4.78 is 9.68. The van der Waals surface area contributed by atoms with Crippen LogP contribution in [0.2, 0.25) is 0 Å². The smallest absolute Gasteiger partial charge is 0.306 e. The van der Waals surface area contributed by atoms with Gasteiger partial charge in [-0.1, -0.05) is 13.8 Å². The summed E-state index contributed by atoms with van der Waals surface area (Å²) in [4.78, 5) is 10.9. The third-order valence-electron chi connectivity index (χ3n) is 2.03. The molecule has 11 heavy (non-hydrogen) atoms. The fourth-order valence-electron chi connectivity index (χ4n) is 1.06. The van der Waals surface area contributed by atoms with Gasteiger partial charge in [0.25, 0.3) is 0 Å². The molecule has 0 N–H and O–H groups in total. The Kier molecular flexibility index (Phi) is 2.18. The average Bonchev–Trinajstić information content (AvgIpc) is 2.66. The Labute approximate surface area is 66.7 Å². The molecule has 0 aliphatic carbocycles. The summed E-state index contributed by atoms with van der Waals surface area (Å²) >= 11 is 0. The largest absolute Gasteiger partial charge is 0.469 e. The minimum atomic E-state index is -0.162. The van der Waals surface area contributed by atoms with Crippen molar-refractivity contribution in [3.05, 3.63) is 0 Å². The van der Waals surface area contributed by atoms with Gasteiger partial charge in [0.1, 0.15) is 0 Å². The molecule has 0 aromatic carbocycles. The predicted octanol–water partition coefficient (Wildman–Crippen LogP) is 0.974. The first-order chi connectivity index (χ1) is 5.06. The zero-order valence-electron chi connectivity index (χ0n) is 7.22. The Morgan fingerprint density at radius 3 is 2.64 bits per heavy atom. The molecule has 1 atom stereocenters. The van der Waals surface area contributed by atoms with Crippen molar-refractivity contribution in [2.45, 2.75) is 26.4 Å². The van der Waals surface area contributed by atoms with Crippen LogP contribution in [0.5, 0.6) is 0 Å². The van der Waals surface area contributed by atoms with Crippen LogP contribution in [0.15, 0.2) is 0 Å². The third-order valence-corrected chi connectivity index (χ3v) is 2.03. The summed E-state index contributed by atoms with van der Waals surface area (Å²) in [6, 6.07) is 0. The zero-order valence-corrected chi connectivity index (χ0v) is 7.22. The molecule has 1 fully saturated rings. The molecule has 3 nitrogen and oxygen atoms in total. The SMILES string of the molecule is COC(=O)CC(C)(C)[C@H]1CO1. The second-order valence-corrected chi connectivity index (χ2v) is 3.56. The van der Waals surface area contributed by atoms with Crippen LogP contribution in [0.25, 0.3) is 0 Å². The number of methoxy groups -OCH3 is 1. The van der Waals surface area contributed by atoms with Crippen LogP contribution in [-0.2, 0) is 14.3 Å². The monoisotopic (exact) mass is 158 g/mol. The zero-order chi connectivity index (χ0) is 8.48. The van der Waals surface area contributed by atoms with Gasteiger partial charge in [-0.2, -0.15) is 0 Å². The lowest BCUT2D eigenvalue weighted by Gasteiger charge is -2.19. The number of hydrogen-bond donors (Lipinski definition) is 0. The molecule has 3 heteroatoms. The normalized spacial score (nSPS) is 23.0. The van der Waals surface area contributed by atoms with E-state index < -0.39 is 0 Å². The molecule has 0 bridgehead atoms. The molecule has 0 aromatic heterocycles. The van der Waals surface area contributed by atoms with E-state index in [1.165, 1.54) is 7.11 Å². The van der Waals surface area contributed by atoms with Crippen LogP contribution < -0.4 is 0 Å². The quantitative estimate of drug-likeness (QED) is 0.454. The minimum absolute atomic E-state index is 0.0624. The molecule has 64 valence electrons. The van der Waals surface area contributed by atoms with Gasteiger partial charge in [0.2, 0.25) is 0 Å². The first-order valence-electron chi connectivity index (χ1n) is 3.74. The fourth-order valence-corrected chi connectivity index (χ4v) is 1.06. The van der Waals surface area contributed by atoms with Crippen molar-refractivity contribution in [2.24, 2.45) is 5.41 Å². The second kappa shape index (κ2) is 2.81.